The van der Waals surface area contributed by atoms with Gasteiger partial charge in [-0.15, -0.1) is 0 Å². The fourth-order valence-corrected chi connectivity index (χ4v) is 0.614. The average molecular weight is 191 g/mol. The highest BCUT2D eigenvalue weighted by Crippen LogP contribution is 1.86. The number of hydrogen-bond acceptors (Lipinski definition) is 4. The molecule has 13 heavy (non-hydrogen) atoms. The second-order valence-corrected chi connectivity index (χ2v) is 2.32. The Morgan fingerprint density at radius 1 is 1.31 bits per heavy atom. The maximum atomic E-state index is 11.0. The van der Waals surface area contributed by atoms with Crippen molar-refractivity contribution in [2.24, 2.45) is 0 Å². The quantitative estimate of drug-likeness (QED) is 0.421. The number of amides is 1. The normalized spacial score (nSPS) is 10.1. The van der Waals surface area contributed by atoms with Crippen LogP contribution in [0, 0.1) is 0 Å². The van der Waals surface area contributed by atoms with E-state index in [0.717, 1.165) is 5.06 Å². The molecule has 0 unspecified atom stereocenters. The third-order valence-electron chi connectivity index (χ3n) is 1.43. The molecule has 0 saturated heterocycles. The molecule has 0 spiro atoms. The van der Waals surface area contributed by atoms with Crippen molar-refractivity contribution in [1.82, 2.24) is 5.06 Å². The summed E-state index contributed by atoms with van der Waals surface area (Å²) < 4.78 is 10.0. The highest BCUT2D eigenvalue weighted by molar-refractivity contribution is 5.75. The van der Waals surface area contributed by atoms with E-state index in [0.29, 0.717) is 19.8 Å². The van der Waals surface area contributed by atoms with E-state index in [9.17, 15) is 4.79 Å². The zero-order valence-corrected chi connectivity index (χ0v) is 8.41. The van der Waals surface area contributed by atoms with Crippen LogP contribution in [0.3, 0.4) is 0 Å². The molecule has 0 radical (unpaired) electrons. The molecule has 0 aliphatic rings. The van der Waals surface area contributed by atoms with E-state index >= 15 is 0 Å². The number of rotatable bonds is 7. The summed E-state index contributed by atoms with van der Waals surface area (Å²) >= 11 is 0. The van der Waals surface area contributed by atoms with Crippen LogP contribution >= 0.6 is 0 Å². The Morgan fingerprint density at radius 3 is 2.46 bits per heavy atom. The van der Waals surface area contributed by atoms with Gasteiger partial charge in [0, 0.05) is 13.7 Å². The highest BCUT2D eigenvalue weighted by atomic mass is 16.7. The van der Waals surface area contributed by atoms with E-state index in [1.807, 2.05) is 6.92 Å². The first kappa shape index (κ1) is 12.3. The lowest BCUT2D eigenvalue weighted by Crippen LogP contribution is -2.29. The SMILES string of the molecule is CCOCCOCC(=O)N(C)OC. The van der Waals surface area contributed by atoms with Crippen LogP contribution in [-0.4, -0.2) is 51.6 Å². The van der Waals surface area contributed by atoms with Gasteiger partial charge in [0.1, 0.15) is 6.61 Å². The molecule has 0 N–H and O–H groups in total. The number of carbonyl (C=O) groups is 1. The largest absolute Gasteiger partial charge is 0.379 e. The Morgan fingerprint density at radius 2 is 1.92 bits per heavy atom. The van der Waals surface area contributed by atoms with Crippen molar-refractivity contribution < 1.29 is 19.1 Å². The van der Waals surface area contributed by atoms with Crippen LogP contribution in [0.1, 0.15) is 6.92 Å². The van der Waals surface area contributed by atoms with Gasteiger partial charge in [-0.2, -0.15) is 0 Å². The van der Waals surface area contributed by atoms with Crippen molar-refractivity contribution in [3.63, 3.8) is 0 Å². The van der Waals surface area contributed by atoms with Crippen LogP contribution in [0.2, 0.25) is 0 Å². The van der Waals surface area contributed by atoms with Gasteiger partial charge in [-0.25, -0.2) is 5.06 Å². The minimum Gasteiger partial charge on any atom is -0.379 e. The molecule has 0 rings (SSSR count). The van der Waals surface area contributed by atoms with Gasteiger partial charge in [-0.3, -0.25) is 9.63 Å². The molecule has 0 aromatic carbocycles. The number of nitrogens with zero attached hydrogens (tertiary/aromatic N) is 1. The van der Waals surface area contributed by atoms with Crippen LogP contribution in [0.15, 0.2) is 0 Å². The number of hydrogen-bond donors (Lipinski definition) is 0. The number of carbonyl (C=O) groups excluding carboxylic acids is 1. The van der Waals surface area contributed by atoms with Crippen molar-refractivity contribution in [1.29, 1.82) is 0 Å². The molecule has 0 bridgehead atoms. The first-order valence-electron chi connectivity index (χ1n) is 4.18. The van der Waals surface area contributed by atoms with Gasteiger partial charge in [0.25, 0.3) is 5.91 Å². The van der Waals surface area contributed by atoms with Crippen LogP contribution in [-0.2, 0) is 19.1 Å². The summed E-state index contributed by atoms with van der Waals surface area (Å²) in [6.45, 7) is 3.54. The minimum absolute atomic E-state index is 0.0252. The molecule has 0 atom stereocenters. The Bertz CT molecular complexity index is 140. The predicted molar refractivity (Wildman–Crippen MR) is 47.1 cm³/mol. The summed E-state index contributed by atoms with van der Waals surface area (Å²) in [6.07, 6.45) is 0. The summed E-state index contributed by atoms with van der Waals surface area (Å²) in [5, 5.41) is 1.13. The molecule has 0 saturated carbocycles. The number of likely N-dealkylation sites (N-methyl/N-ethyl adjacent to an activating group) is 1. The summed E-state index contributed by atoms with van der Waals surface area (Å²) in [7, 11) is 2.96. The van der Waals surface area contributed by atoms with Crippen LogP contribution < -0.4 is 0 Å². The molecule has 5 heteroatoms. The first-order valence-corrected chi connectivity index (χ1v) is 4.18. The smallest absolute Gasteiger partial charge is 0.271 e. The number of ether oxygens (including phenoxy) is 2. The van der Waals surface area contributed by atoms with Gasteiger partial charge in [0.05, 0.1) is 20.3 Å². The molecule has 1 amide bonds. The van der Waals surface area contributed by atoms with Gasteiger partial charge in [0.2, 0.25) is 0 Å². The molecular weight excluding hydrogens is 174 g/mol. The fourth-order valence-electron chi connectivity index (χ4n) is 0.614. The van der Waals surface area contributed by atoms with E-state index < -0.39 is 0 Å². The zero-order valence-electron chi connectivity index (χ0n) is 8.41. The fraction of sp³-hybridized carbons (Fsp3) is 0.875. The summed E-state index contributed by atoms with van der Waals surface area (Å²) in [6, 6.07) is 0. The van der Waals surface area contributed by atoms with Crippen molar-refractivity contribution in [3.05, 3.63) is 0 Å². The van der Waals surface area contributed by atoms with Gasteiger partial charge in [-0.1, -0.05) is 0 Å². The first-order chi connectivity index (χ1) is 6.22. The monoisotopic (exact) mass is 191 g/mol. The Hall–Kier alpha value is -0.650. The zero-order chi connectivity index (χ0) is 10.1. The third-order valence-corrected chi connectivity index (χ3v) is 1.43. The van der Waals surface area contributed by atoms with Gasteiger partial charge >= 0.3 is 0 Å². The number of hydroxylamine groups is 2. The van der Waals surface area contributed by atoms with Crippen molar-refractivity contribution in [2.45, 2.75) is 6.92 Å². The molecular formula is C8H17NO4. The summed E-state index contributed by atoms with van der Waals surface area (Å²) in [4.78, 5) is 15.7. The summed E-state index contributed by atoms with van der Waals surface area (Å²) in [5.41, 5.74) is 0. The molecule has 0 aromatic heterocycles. The summed E-state index contributed by atoms with van der Waals surface area (Å²) in [5.74, 6) is -0.209. The van der Waals surface area contributed by atoms with E-state index in [2.05, 4.69) is 4.84 Å². The topological polar surface area (TPSA) is 48.0 Å². The predicted octanol–water partition coefficient (Wildman–Crippen LogP) is 0.0593. The molecule has 0 aromatic rings. The molecule has 0 aliphatic heterocycles. The molecule has 5 nitrogen and oxygen atoms in total. The lowest BCUT2D eigenvalue weighted by atomic mass is 10.6. The maximum absolute atomic E-state index is 11.0. The van der Waals surface area contributed by atoms with Gasteiger partial charge in [0.15, 0.2) is 0 Å². The van der Waals surface area contributed by atoms with Crippen molar-refractivity contribution in [3.8, 4) is 0 Å². The molecule has 0 fully saturated rings. The minimum atomic E-state index is -0.209. The second-order valence-electron chi connectivity index (χ2n) is 2.32. The van der Waals surface area contributed by atoms with E-state index in [4.69, 9.17) is 9.47 Å². The second kappa shape index (κ2) is 7.97. The van der Waals surface area contributed by atoms with Crippen LogP contribution in [0.25, 0.3) is 0 Å². The standard InChI is InChI=1S/C8H17NO4/c1-4-12-5-6-13-7-8(10)9(2)11-3/h4-7H2,1-3H3. The van der Waals surface area contributed by atoms with E-state index in [-0.39, 0.29) is 12.5 Å². The Balaban J connectivity index is 3.27. The highest BCUT2D eigenvalue weighted by Gasteiger charge is 2.06. The van der Waals surface area contributed by atoms with Crippen LogP contribution in [0.5, 0.6) is 0 Å². The van der Waals surface area contributed by atoms with Crippen molar-refractivity contribution >= 4 is 5.91 Å². The van der Waals surface area contributed by atoms with Crippen LogP contribution in [0.4, 0.5) is 0 Å². The lowest BCUT2D eigenvalue weighted by molar-refractivity contribution is -0.173. The molecule has 0 heterocycles. The van der Waals surface area contributed by atoms with E-state index in [1.54, 1.807) is 0 Å². The van der Waals surface area contributed by atoms with Gasteiger partial charge < -0.3 is 9.47 Å². The molecule has 0 aliphatic carbocycles. The Kier molecular flexibility index (Phi) is 7.57. The maximum Gasteiger partial charge on any atom is 0.271 e. The lowest BCUT2D eigenvalue weighted by Gasteiger charge is -2.13. The average Bonchev–Trinajstić information content (AvgIpc) is 2.16. The van der Waals surface area contributed by atoms with E-state index in [1.165, 1.54) is 14.2 Å². The molecule has 78 valence electrons. The van der Waals surface area contributed by atoms with Gasteiger partial charge in [-0.05, 0) is 6.92 Å². The third kappa shape index (κ3) is 6.51. The Labute approximate surface area is 78.5 Å². The van der Waals surface area contributed by atoms with Crippen molar-refractivity contribution in [2.75, 3.05) is 40.6 Å².